The summed E-state index contributed by atoms with van der Waals surface area (Å²) >= 11 is 0. The predicted octanol–water partition coefficient (Wildman–Crippen LogP) is 4.90. The van der Waals surface area contributed by atoms with Crippen molar-refractivity contribution in [1.82, 2.24) is 0 Å². The van der Waals surface area contributed by atoms with Gasteiger partial charge in [-0.2, -0.15) is 0 Å². The van der Waals surface area contributed by atoms with Crippen LogP contribution in [0.15, 0.2) is 30.3 Å². The Labute approximate surface area is 104 Å². The summed E-state index contributed by atoms with van der Waals surface area (Å²) in [5.74, 6) is 0. The van der Waals surface area contributed by atoms with Gasteiger partial charge < -0.3 is 0 Å². The fourth-order valence-corrected chi connectivity index (χ4v) is 2.37. The molecule has 0 fully saturated rings. The second-order valence-corrected chi connectivity index (χ2v) is 5.02. The molecule has 0 bridgehead atoms. The summed E-state index contributed by atoms with van der Waals surface area (Å²) in [5, 5.41) is 0. The number of hydrogen-bond donors (Lipinski definition) is 0. The van der Waals surface area contributed by atoms with Gasteiger partial charge in [0.15, 0.2) is 0 Å². The number of rotatable bonds is 1. The van der Waals surface area contributed by atoms with E-state index in [9.17, 15) is 0 Å². The molecule has 0 atom stereocenters. The molecule has 88 valence electrons. The third-order valence-electron chi connectivity index (χ3n) is 3.61. The molecule has 0 aromatic heterocycles. The second kappa shape index (κ2) is 4.37. The number of benzene rings is 2. The summed E-state index contributed by atoms with van der Waals surface area (Å²) in [6.45, 7) is 11.0. The van der Waals surface area contributed by atoms with Crippen LogP contribution in [0, 0.1) is 34.6 Å². The van der Waals surface area contributed by atoms with Crippen LogP contribution in [0.5, 0.6) is 0 Å². The largest absolute Gasteiger partial charge is 0.0590 e. The third kappa shape index (κ3) is 2.12. The van der Waals surface area contributed by atoms with E-state index in [1.165, 1.54) is 38.9 Å². The molecule has 0 unspecified atom stereocenters. The Balaban J connectivity index is 2.76. The van der Waals surface area contributed by atoms with Gasteiger partial charge >= 0.3 is 0 Å². The molecule has 0 aliphatic carbocycles. The Morgan fingerprint density at radius 2 is 1.24 bits per heavy atom. The van der Waals surface area contributed by atoms with Crippen molar-refractivity contribution in [1.29, 1.82) is 0 Å². The average molecular weight is 224 g/mol. The molecule has 0 nitrogen and oxygen atoms in total. The van der Waals surface area contributed by atoms with Crippen molar-refractivity contribution in [3.63, 3.8) is 0 Å². The number of hydrogen-bond acceptors (Lipinski definition) is 0. The molecular formula is C17H20. The fourth-order valence-electron chi connectivity index (χ4n) is 2.37. The van der Waals surface area contributed by atoms with Gasteiger partial charge in [-0.05, 0) is 68.0 Å². The summed E-state index contributed by atoms with van der Waals surface area (Å²) in [6.07, 6.45) is 0. The van der Waals surface area contributed by atoms with Gasteiger partial charge in [-0.15, -0.1) is 0 Å². The first-order chi connectivity index (χ1) is 8.00. The maximum absolute atomic E-state index is 2.30. The van der Waals surface area contributed by atoms with Crippen molar-refractivity contribution in [2.75, 3.05) is 0 Å². The Morgan fingerprint density at radius 3 is 1.94 bits per heavy atom. The lowest BCUT2D eigenvalue weighted by Crippen LogP contribution is -1.94. The predicted molar refractivity (Wildman–Crippen MR) is 75.6 cm³/mol. The second-order valence-electron chi connectivity index (χ2n) is 5.02. The minimum atomic E-state index is 1.32. The molecule has 0 aliphatic heterocycles. The van der Waals surface area contributed by atoms with Gasteiger partial charge in [-0.1, -0.05) is 35.9 Å². The van der Waals surface area contributed by atoms with E-state index < -0.39 is 0 Å². The lowest BCUT2D eigenvalue weighted by atomic mass is 9.89. The molecule has 0 heteroatoms. The molecule has 0 aliphatic rings. The van der Waals surface area contributed by atoms with Gasteiger partial charge in [0, 0.05) is 0 Å². The topological polar surface area (TPSA) is 0 Å². The van der Waals surface area contributed by atoms with Crippen LogP contribution in [0.4, 0.5) is 0 Å². The van der Waals surface area contributed by atoms with Crippen molar-refractivity contribution in [2.24, 2.45) is 0 Å². The van der Waals surface area contributed by atoms with E-state index in [-0.39, 0.29) is 0 Å². The zero-order valence-electron chi connectivity index (χ0n) is 11.4. The minimum absolute atomic E-state index is 1.32. The van der Waals surface area contributed by atoms with Gasteiger partial charge in [0.1, 0.15) is 0 Å². The van der Waals surface area contributed by atoms with E-state index in [4.69, 9.17) is 0 Å². The maximum atomic E-state index is 2.30. The molecule has 0 spiro atoms. The van der Waals surface area contributed by atoms with E-state index in [1.54, 1.807) is 0 Å². The van der Waals surface area contributed by atoms with Crippen LogP contribution in [-0.4, -0.2) is 0 Å². The quantitative estimate of drug-likeness (QED) is 0.646. The summed E-state index contributed by atoms with van der Waals surface area (Å²) in [6, 6.07) is 11.1. The highest BCUT2D eigenvalue weighted by atomic mass is 14.1. The van der Waals surface area contributed by atoms with Crippen LogP contribution in [0.1, 0.15) is 27.8 Å². The standard InChI is InChI=1S/C17H20/c1-11-6-7-13(3)16(10-11)17-14(4)9-8-12(2)15(17)5/h6-10H,1-5H3. The van der Waals surface area contributed by atoms with Gasteiger partial charge in [0.2, 0.25) is 0 Å². The van der Waals surface area contributed by atoms with Gasteiger partial charge in [-0.3, -0.25) is 0 Å². The van der Waals surface area contributed by atoms with Crippen LogP contribution in [-0.2, 0) is 0 Å². The van der Waals surface area contributed by atoms with E-state index in [2.05, 4.69) is 65.0 Å². The van der Waals surface area contributed by atoms with Crippen molar-refractivity contribution in [3.05, 3.63) is 58.1 Å². The fraction of sp³-hybridized carbons (Fsp3) is 0.294. The van der Waals surface area contributed by atoms with Crippen LogP contribution in [0.3, 0.4) is 0 Å². The lowest BCUT2D eigenvalue weighted by molar-refractivity contribution is 1.28. The molecule has 2 rings (SSSR count). The van der Waals surface area contributed by atoms with Crippen LogP contribution in [0.2, 0.25) is 0 Å². The highest BCUT2D eigenvalue weighted by molar-refractivity contribution is 5.75. The summed E-state index contributed by atoms with van der Waals surface area (Å²) < 4.78 is 0. The Morgan fingerprint density at radius 1 is 0.647 bits per heavy atom. The maximum Gasteiger partial charge on any atom is -0.0120 e. The Kier molecular flexibility index (Phi) is 3.06. The minimum Gasteiger partial charge on any atom is -0.0590 e. The van der Waals surface area contributed by atoms with Crippen molar-refractivity contribution < 1.29 is 0 Å². The highest BCUT2D eigenvalue weighted by Crippen LogP contribution is 2.32. The molecule has 0 N–H and O–H groups in total. The van der Waals surface area contributed by atoms with Gasteiger partial charge in [0.05, 0.1) is 0 Å². The monoisotopic (exact) mass is 224 g/mol. The summed E-state index contributed by atoms with van der Waals surface area (Å²) in [7, 11) is 0. The molecule has 2 aromatic rings. The third-order valence-corrected chi connectivity index (χ3v) is 3.61. The molecular weight excluding hydrogens is 204 g/mol. The summed E-state index contributed by atoms with van der Waals surface area (Å²) in [4.78, 5) is 0. The lowest BCUT2D eigenvalue weighted by Gasteiger charge is -2.15. The first-order valence-electron chi connectivity index (χ1n) is 6.15. The smallest absolute Gasteiger partial charge is 0.0120 e. The van der Waals surface area contributed by atoms with E-state index >= 15 is 0 Å². The first-order valence-corrected chi connectivity index (χ1v) is 6.15. The van der Waals surface area contributed by atoms with Gasteiger partial charge in [-0.25, -0.2) is 0 Å². The molecule has 0 radical (unpaired) electrons. The normalized spacial score (nSPS) is 10.6. The number of aryl methyl sites for hydroxylation is 4. The molecule has 0 amide bonds. The van der Waals surface area contributed by atoms with Crippen LogP contribution < -0.4 is 0 Å². The van der Waals surface area contributed by atoms with Crippen LogP contribution >= 0.6 is 0 Å². The van der Waals surface area contributed by atoms with E-state index in [1.807, 2.05) is 0 Å². The Hall–Kier alpha value is -1.56. The van der Waals surface area contributed by atoms with Crippen molar-refractivity contribution in [3.8, 4) is 11.1 Å². The average Bonchev–Trinajstić information content (AvgIpc) is 2.29. The van der Waals surface area contributed by atoms with Crippen LogP contribution in [0.25, 0.3) is 11.1 Å². The van der Waals surface area contributed by atoms with Crippen molar-refractivity contribution >= 4 is 0 Å². The zero-order chi connectivity index (χ0) is 12.6. The molecule has 0 saturated heterocycles. The van der Waals surface area contributed by atoms with Gasteiger partial charge in [0.25, 0.3) is 0 Å². The molecule has 17 heavy (non-hydrogen) atoms. The first kappa shape index (κ1) is 11.9. The molecule has 2 aromatic carbocycles. The zero-order valence-corrected chi connectivity index (χ0v) is 11.4. The Bertz CT molecular complexity index is 562. The molecule has 0 heterocycles. The summed E-state index contributed by atoms with van der Waals surface area (Å²) in [5.41, 5.74) is 9.60. The SMILES string of the molecule is Cc1ccc(C)c(-c2c(C)ccc(C)c2C)c1. The van der Waals surface area contributed by atoms with E-state index in [0.717, 1.165) is 0 Å². The molecule has 0 saturated carbocycles. The van der Waals surface area contributed by atoms with E-state index in [0.29, 0.717) is 0 Å². The van der Waals surface area contributed by atoms with Crippen molar-refractivity contribution in [2.45, 2.75) is 34.6 Å². The highest BCUT2D eigenvalue weighted by Gasteiger charge is 2.09.